The van der Waals surface area contributed by atoms with Gasteiger partial charge in [-0.05, 0) is 55.1 Å². The summed E-state index contributed by atoms with van der Waals surface area (Å²) < 4.78 is 31.9. The number of hydrogen-bond acceptors (Lipinski definition) is 3. The zero-order valence-electron chi connectivity index (χ0n) is 20.5. The van der Waals surface area contributed by atoms with E-state index in [1.165, 1.54) is 0 Å². The van der Waals surface area contributed by atoms with Gasteiger partial charge in [0.25, 0.3) is 0 Å². The van der Waals surface area contributed by atoms with E-state index >= 15 is 0 Å². The largest absolute Gasteiger partial charge is 0.493 e. The van der Waals surface area contributed by atoms with Crippen molar-refractivity contribution in [1.29, 1.82) is 5.26 Å². The van der Waals surface area contributed by atoms with Crippen LogP contribution in [0.4, 0.5) is 0 Å². The smallest absolute Gasteiger partial charge is 0.216 e. The first-order chi connectivity index (χ1) is 16.9. The summed E-state index contributed by atoms with van der Waals surface area (Å²) in [7, 11) is 2.01. The van der Waals surface area contributed by atoms with Crippen LogP contribution in [-0.2, 0) is 13.4 Å². The second-order valence-electron chi connectivity index (χ2n) is 8.36. The Morgan fingerprint density at radius 2 is 1.79 bits per heavy atom. The van der Waals surface area contributed by atoms with E-state index < -0.39 is 6.37 Å². The monoisotopic (exact) mass is 433 g/mol. The minimum Gasteiger partial charge on any atom is -0.493 e. The van der Waals surface area contributed by atoms with Gasteiger partial charge in [0.05, 0.1) is 23.8 Å². The minimum atomic E-state index is -1.58. The predicted octanol–water partition coefficient (Wildman–Crippen LogP) is 6.25. The molecule has 0 N–H and O–H groups in total. The van der Waals surface area contributed by atoms with Gasteiger partial charge < -0.3 is 9.15 Å². The fraction of sp³-hybridized carbons (Fsp3) is 0.172. The molecule has 0 spiro atoms. The number of benzene rings is 3. The van der Waals surface area contributed by atoms with Gasteiger partial charge in [0, 0.05) is 36.8 Å². The van der Waals surface area contributed by atoms with E-state index in [-0.39, 0.29) is 6.42 Å². The van der Waals surface area contributed by atoms with Crippen LogP contribution in [0.25, 0.3) is 44.3 Å². The van der Waals surface area contributed by atoms with Crippen molar-refractivity contribution in [3.63, 3.8) is 0 Å². The molecule has 4 heteroatoms. The van der Waals surface area contributed by atoms with Crippen LogP contribution in [0.15, 0.2) is 71.3 Å². The molecule has 1 aliphatic rings. The van der Waals surface area contributed by atoms with E-state index in [0.29, 0.717) is 40.2 Å². The van der Waals surface area contributed by atoms with Crippen LogP contribution >= 0.6 is 0 Å². The van der Waals surface area contributed by atoms with Gasteiger partial charge in [0.1, 0.15) is 24.0 Å². The molecule has 0 amide bonds. The number of rotatable bonds is 2. The van der Waals surface area contributed by atoms with Crippen LogP contribution in [0.2, 0.25) is 0 Å². The third kappa shape index (κ3) is 2.93. The van der Waals surface area contributed by atoms with E-state index in [2.05, 4.69) is 35.8 Å². The van der Waals surface area contributed by atoms with Crippen LogP contribution in [0.1, 0.15) is 25.9 Å². The first-order valence-electron chi connectivity index (χ1n) is 12.0. The van der Waals surface area contributed by atoms with Crippen LogP contribution in [0, 0.1) is 18.3 Å². The van der Waals surface area contributed by atoms with E-state index in [0.717, 1.165) is 33.2 Å². The molecule has 0 saturated heterocycles. The van der Waals surface area contributed by atoms with Crippen molar-refractivity contribution in [1.82, 2.24) is 0 Å². The molecule has 2 aromatic heterocycles. The second-order valence-corrected chi connectivity index (χ2v) is 8.36. The van der Waals surface area contributed by atoms with Crippen molar-refractivity contribution >= 4 is 21.9 Å². The number of aryl methyl sites for hydroxylation is 2. The van der Waals surface area contributed by atoms with E-state index in [1.807, 2.05) is 43.6 Å². The highest BCUT2D eigenvalue weighted by Crippen LogP contribution is 2.44. The first-order valence-corrected chi connectivity index (χ1v) is 11.0. The van der Waals surface area contributed by atoms with Crippen molar-refractivity contribution in [2.75, 3.05) is 6.61 Å². The SMILES string of the molecule is [2H]C1([2H])CCOc2cccc(-c3c(C#N)ccc4c3oc3c(-c5cccc[n+]5C)c(C)ccc34)c21. The van der Waals surface area contributed by atoms with Gasteiger partial charge in [-0.15, -0.1) is 0 Å². The molecule has 5 aromatic rings. The van der Waals surface area contributed by atoms with Crippen molar-refractivity contribution in [2.45, 2.75) is 19.7 Å². The molecule has 160 valence electrons. The summed E-state index contributed by atoms with van der Waals surface area (Å²) >= 11 is 0. The van der Waals surface area contributed by atoms with Gasteiger partial charge in [-0.2, -0.15) is 5.26 Å². The molecular weight excluding hydrogens is 408 g/mol. The third-order valence-electron chi connectivity index (χ3n) is 6.41. The molecule has 0 fully saturated rings. The summed E-state index contributed by atoms with van der Waals surface area (Å²) in [5, 5.41) is 11.9. The lowest BCUT2D eigenvalue weighted by atomic mass is 9.90. The molecule has 0 radical (unpaired) electrons. The normalized spacial score (nSPS) is 15.4. The molecule has 3 aromatic carbocycles. The Balaban J connectivity index is 1.75. The van der Waals surface area contributed by atoms with Crippen LogP contribution < -0.4 is 9.30 Å². The van der Waals surface area contributed by atoms with Crippen molar-refractivity contribution in [3.8, 4) is 34.2 Å². The highest BCUT2D eigenvalue weighted by atomic mass is 16.5. The molecule has 0 unspecified atom stereocenters. The van der Waals surface area contributed by atoms with Crippen molar-refractivity contribution in [3.05, 3.63) is 83.6 Å². The Bertz CT molecular complexity index is 1700. The summed E-state index contributed by atoms with van der Waals surface area (Å²) in [6.07, 6.45) is 0.682. The van der Waals surface area contributed by atoms with Gasteiger partial charge in [-0.25, -0.2) is 4.57 Å². The van der Waals surface area contributed by atoms with Crippen molar-refractivity contribution < 1.29 is 16.5 Å². The van der Waals surface area contributed by atoms with Gasteiger partial charge in [0.15, 0.2) is 6.20 Å². The van der Waals surface area contributed by atoms with E-state index in [9.17, 15) is 5.26 Å². The van der Waals surface area contributed by atoms with Crippen LogP contribution in [0.3, 0.4) is 0 Å². The lowest BCUT2D eigenvalue weighted by Crippen LogP contribution is -2.30. The third-order valence-corrected chi connectivity index (χ3v) is 6.41. The number of furan rings is 1. The average molecular weight is 434 g/mol. The maximum atomic E-state index is 10.0. The zero-order chi connectivity index (χ0) is 24.3. The van der Waals surface area contributed by atoms with E-state index in [1.54, 1.807) is 12.1 Å². The average Bonchev–Trinajstić information content (AvgIpc) is 3.22. The Morgan fingerprint density at radius 3 is 2.61 bits per heavy atom. The maximum Gasteiger partial charge on any atom is 0.216 e. The number of ether oxygens (including phenoxy) is 1. The number of pyridine rings is 1. The maximum absolute atomic E-state index is 10.0. The summed E-state index contributed by atoms with van der Waals surface area (Å²) in [5.41, 5.74) is 6.60. The number of nitriles is 1. The van der Waals surface area contributed by atoms with Gasteiger partial charge >= 0.3 is 0 Å². The molecule has 0 bridgehead atoms. The van der Waals surface area contributed by atoms with Gasteiger partial charge in [0.2, 0.25) is 5.69 Å². The molecule has 4 nitrogen and oxygen atoms in total. The molecular formula is C29H23N2O2+. The number of hydrogen-bond donors (Lipinski definition) is 0. The Hall–Kier alpha value is -4.10. The topological polar surface area (TPSA) is 50.0 Å². The predicted molar refractivity (Wildman–Crippen MR) is 129 cm³/mol. The fourth-order valence-corrected chi connectivity index (χ4v) is 4.84. The van der Waals surface area contributed by atoms with Crippen LogP contribution in [-0.4, -0.2) is 6.61 Å². The second kappa shape index (κ2) is 7.50. The number of nitrogens with zero attached hydrogens (tertiary/aromatic N) is 2. The molecule has 6 rings (SSSR count). The van der Waals surface area contributed by atoms with Crippen LogP contribution in [0.5, 0.6) is 5.75 Å². The Labute approximate surface area is 195 Å². The molecule has 0 aliphatic carbocycles. The lowest BCUT2D eigenvalue weighted by molar-refractivity contribution is -0.660. The van der Waals surface area contributed by atoms with Crippen molar-refractivity contribution in [2.24, 2.45) is 7.05 Å². The summed E-state index contributed by atoms with van der Waals surface area (Å²) in [4.78, 5) is 0. The Morgan fingerprint density at radius 1 is 0.970 bits per heavy atom. The van der Waals surface area contributed by atoms with Gasteiger partial charge in [-0.1, -0.05) is 24.3 Å². The fourth-order valence-electron chi connectivity index (χ4n) is 4.84. The highest BCUT2D eigenvalue weighted by Gasteiger charge is 2.25. The Kier molecular flexibility index (Phi) is 3.96. The molecule has 0 saturated carbocycles. The summed E-state index contributed by atoms with van der Waals surface area (Å²) in [6, 6.07) is 21.7. The lowest BCUT2D eigenvalue weighted by Gasteiger charge is -2.20. The molecule has 3 heterocycles. The summed E-state index contributed by atoms with van der Waals surface area (Å²) in [5.74, 6) is 0.517. The first kappa shape index (κ1) is 17.5. The van der Waals surface area contributed by atoms with Gasteiger partial charge in [-0.3, -0.25) is 0 Å². The zero-order valence-corrected chi connectivity index (χ0v) is 18.5. The number of fused-ring (bicyclic) bond motifs is 4. The number of aromatic nitrogens is 1. The van der Waals surface area contributed by atoms with E-state index in [4.69, 9.17) is 11.9 Å². The molecule has 33 heavy (non-hydrogen) atoms. The quantitative estimate of drug-likeness (QED) is 0.309. The summed E-state index contributed by atoms with van der Waals surface area (Å²) in [6.45, 7) is 2.39. The highest BCUT2D eigenvalue weighted by molar-refractivity contribution is 6.14. The minimum absolute atomic E-state index is 0.253. The molecule has 0 atom stereocenters. The standard InChI is InChI=1S/C29H23N2O2/c1-18-11-13-22-23-14-12-19(17-30)27(21-7-5-10-25-20(21)8-6-16-32-25)29(23)33-28(22)26(18)24-9-3-4-15-31(24)2/h3-5,7,9-15H,6,8,16H2,1-2H3/q+1/i8D2. The molecule has 1 aliphatic heterocycles.